The normalized spacial score (nSPS) is 10.1. The highest BCUT2D eigenvalue weighted by atomic mass is 35.5. The van der Waals surface area contributed by atoms with Crippen LogP contribution in [-0.4, -0.2) is 16.7 Å². The van der Waals surface area contributed by atoms with Crippen LogP contribution in [0.15, 0.2) is 36.5 Å². The fourth-order valence-corrected chi connectivity index (χ4v) is 2.04. The molecule has 0 fully saturated rings. The molecule has 114 valence electrons. The molecule has 2 aromatic rings. The van der Waals surface area contributed by atoms with Gasteiger partial charge in [-0.05, 0) is 37.3 Å². The second kappa shape index (κ2) is 7.24. The monoisotopic (exact) mass is 337 g/mol. The third-order valence-corrected chi connectivity index (χ3v) is 3.21. The molecule has 1 heterocycles. The maximum absolute atomic E-state index is 11.5. The third-order valence-electron chi connectivity index (χ3n) is 2.65. The van der Waals surface area contributed by atoms with Gasteiger partial charge in [-0.15, -0.1) is 0 Å². The van der Waals surface area contributed by atoms with Crippen molar-refractivity contribution in [1.82, 2.24) is 4.98 Å². The SMILES string of the molecule is CC(=O)CC(=O)Nc1ccc(Nc2cc(Cl)ccc2Cl)nc1. The zero-order valence-electron chi connectivity index (χ0n) is 11.7. The Labute approximate surface area is 137 Å². The number of rotatable bonds is 5. The van der Waals surface area contributed by atoms with E-state index in [9.17, 15) is 9.59 Å². The molecule has 0 saturated carbocycles. The first kappa shape index (κ1) is 16.3. The molecule has 2 N–H and O–H groups in total. The summed E-state index contributed by atoms with van der Waals surface area (Å²) < 4.78 is 0. The molecular weight excluding hydrogens is 325 g/mol. The summed E-state index contributed by atoms with van der Waals surface area (Å²) in [6.45, 7) is 1.36. The van der Waals surface area contributed by atoms with Crippen LogP contribution in [0.3, 0.4) is 0 Å². The van der Waals surface area contributed by atoms with Crippen LogP contribution in [0.1, 0.15) is 13.3 Å². The van der Waals surface area contributed by atoms with Crippen molar-refractivity contribution in [2.45, 2.75) is 13.3 Å². The first-order chi connectivity index (χ1) is 10.4. The summed E-state index contributed by atoms with van der Waals surface area (Å²) in [5.74, 6) is -0.0130. The van der Waals surface area contributed by atoms with Crippen molar-refractivity contribution in [3.05, 3.63) is 46.6 Å². The number of anilines is 3. The molecule has 0 saturated heterocycles. The summed E-state index contributed by atoms with van der Waals surface area (Å²) in [4.78, 5) is 26.5. The molecule has 0 aliphatic heterocycles. The van der Waals surface area contributed by atoms with Crippen LogP contribution in [0, 0.1) is 0 Å². The van der Waals surface area contributed by atoms with Crippen molar-refractivity contribution in [1.29, 1.82) is 0 Å². The predicted octanol–water partition coefficient (Wildman–Crippen LogP) is 4.05. The molecule has 22 heavy (non-hydrogen) atoms. The summed E-state index contributed by atoms with van der Waals surface area (Å²) in [5.41, 5.74) is 1.14. The van der Waals surface area contributed by atoms with Crippen molar-refractivity contribution in [3.8, 4) is 0 Å². The average Bonchev–Trinajstić information content (AvgIpc) is 2.44. The maximum Gasteiger partial charge on any atom is 0.231 e. The number of aromatic nitrogens is 1. The van der Waals surface area contributed by atoms with Crippen LogP contribution in [0.5, 0.6) is 0 Å². The highest BCUT2D eigenvalue weighted by molar-refractivity contribution is 6.35. The van der Waals surface area contributed by atoms with Gasteiger partial charge in [0.1, 0.15) is 11.6 Å². The molecule has 0 aliphatic rings. The van der Waals surface area contributed by atoms with Crippen LogP contribution in [0.25, 0.3) is 0 Å². The highest BCUT2D eigenvalue weighted by Gasteiger charge is 2.06. The van der Waals surface area contributed by atoms with E-state index in [2.05, 4.69) is 15.6 Å². The Morgan fingerprint density at radius 2 is 1.95 bits per heavy atom. The molecule has 0 atom stereocenters. The van der Waals surface area contributed by atoms with E-state index in [1.165, 1.54) is 13.1 Å². The van der Waals surface area contributed by atoms with E-state index < -0.39 is 0 Å². The zero-order valence-corrected chi connectivity index (χ0v) is 13.2. The van der Waals surface area contributed by atoms with Gasteiger partial charge in [0, 0.05) is 5.02 Å². The van der Waals surface area contributed by atoms with E-state index in [0.717, 1.165) is 0 Å². The van der Waals surface area contributed by atoms with Gasteiger partial charge in [0.2, 0.25) is 5.91 Å². The molecule has 7 heteroatoms. The number of amides is 1. The number of benzene rings is 1. The van der Waals surface area contributed by atoms with Gasteiger partial charge in [0.15, 0.2) is 0 Å². The molecule has 1 amide bonds. The first-order valence-electron chi connectivity index (χ1n) is 6.41. The Bertz CT molecular complexity index is 702. The fraction of sp³-hybridized carbons (Fsp3) is 0.133. The van der Waals surface area contributed by atoms with Gasteiger partial charge in [0.25, 0.3) is 0 Å². The molecule has 5 nitrogen and oxygen atoms in total. The molecule has 1 aromatic heterocycles. The molecule has 1 aromatic carbocycles. The Morgan fingerprint density at radius 3 is 2.59 bits per heavy atom. The van der Waals surface area contributed by atoms with Crippen LogP contribution < -0.4 is 10.6 Å². The Balaban J connectivity index is 2.04. The molecule has 0 aliphatic carbocycles. The average molecular weight is 338 g/mol. The fourth-order valence-electron chi connectivity index (χ4n) is 1.70. The number of Topliss-reactive ketones (excluding diaryl/α,β-unsaturated/α-hetero) is 1. The van der Waals surface area contributed by atoms with E-state index in [-0.39, 0.29) is 18.1 Å². The number of nitrogens with one attached hydrogen (secondary N) is 2. The van der Waals surface area contributed by atoms with Gasteiger partial charge in [-0.1, -0.05) is 23.2 Å². The summed E-state index contributed by atoms with van der Waals surface area (Å²) in [5, 5.41) is 6.69. The smallest absolute Gasteiger partial charge is 0.231 e. The molecule has 0 radical (unpaired) electrons. The van der Waals surface area contributed by atoms with E-state index in [4.69, 9.17) is 23.2 Å². The summed E-state index contributed by atoms with van der Waals surface area (Å²) in [7, 11) is 0. The molecular formula is C15H13Cl2N3O2. The largest absolute Gasteiger partial charge is 0.339 e. The van der Waals surface area contributed by atoms with Gasteiger partial charge >= 0.3 is 0 Å². The predicted molar refractivity (Wildman–Crippen MR) is 87.9 cm³/mol. The summed E-state index contributed by atoms with van der Waals surface area (Å²) in [6, 6.07) is 8.42. The first-order valence-corrected chi connectivity index (χ1v) is 7.17. The standard InChI is InChI=1S/C15H13Cl2N3O2/c1-9(21)6-15(22)19-11-3-5-14(18-8-11)20-13-7-10(16)2-4-12(13)17/h2-5,7-8H,6H2,1H3,(H,18,20)(H,19,22). The second-order valence-corrected chi connectivity index (χ2v) is 5.45. The molecule has 2 rings (SSSR count). The third kappa shape index (κ3) is 4.72. The number of hydrogen-bond acceptors (Lipinski definition) is 4. The molecule has 0 spiro atoms. The number of nitrogens with zero attached hydrogens (tertiary/aromatic N) is 1. The van der Waals surface area contributed by atoms with E-state index in [0.29, 0.717) is 27.2 Å². The lowest BCUT2D eigenvalue weighted by atomic mass is 10.3. The van der Waals surface area contributed by atoms with E-state index in [1.807, 2.05) is 0 Å². The van der Waals surface area contributed by atoms with Gasteiger partial charge in [-0.2, -0.15) is 0 Å². The van der Waals surface area contributed by atoms with Crippen molar-refractivity contribution in [3.63, 3.8) is 0 Å². The number of pyridine rings is 1. The molecule has 0 bridgehead atoms. The number of ketones is 1. The lowest BCUT2D eigenvalue weighted by Crippen LogP contribution is -2.14. The second-order valence-electron chi connectivity index (χ2n) is 4.61. The Morgan fingerprint density at radius 1 is 1.18 bits per heavy atom. The maximum atomic E-state index is 11.5. The minimum Gasteiger partial charge on any atom is -0.339 e. The lowest BCUT2D eigenvalue weighted by Gasteiger charge is -2.09. The van der Waals surface area contributed by atoms with Crippen LogP contribution in [-0.2, 0) is 9.59 Å². The number of carbonyl (C=O) groups is 2. The van der Waals surface area contributed by atoms with Gasteiger partial charge in [-0.25, -0.2) is 4.98 Å². The summed E-state index contributed by atoms with van der Waals surface area (Å²) in [6.07, 6.45) is 1.33. The van der Waals surface area contributed by atoms with Gasteiger partial charge in [0.05, 0.1) is 29.0 Å². The number of hydrogen-bond donors (Lipinski definition) is 2. The van der Waals surface area contributed by atoms with E-state index in [1.54, 1.807) is 30.3 Å². The van der Waals surface area contributed by atoms with Crippen molar-refractivity contribution < 1.29 is 9.59 Å². The van der Waals surface area contributed by atoms with Crippen LogP contribution in [0.2, 0.25) is 10.0 Å². The number of halogens is 2. The van der Waals surface area contributed by atoms with Crippen molar-refractivity contribution in [2.24, 2.45) is 0 Å². The molecule has 0 unspecified atom stereocenters. The minimum absolute atomic E-state index is 0.155. The lowest BCUT2D eigenvalue weighted by molar-refractivity contribution is -0.124. The van der Waals surface area contributed by atoms with Gasteiger partial charge in [-0.3, -0.25) is 9.59 Å². The Kier molecular flexibility index (Phi) is 5.35. The summed E-state index contributed by atoms with van der Waals surface area (Å²) >= 11 is 12.0. The van der Waals surface area contributed by atoms with Crippen molar-refractivity contribution >= 4 is 52.1 Å². The number of carbonyl (C=O) groups excluding carboxylic acids is 2. The van der Waals surface area contributed by atoms with Gasteiger partial charge < -0.3 is 10.6 Å². The van der Waals surface area contributed by atoms with Crippen LogP contribution in [0.4, 0.5) is 17.2 Å². The zero-order chi connectivity index (χ0) is 16.1. The van der Waals surface area contributed by atoms with Crippen LogP contribution >= 0.6 is 23.2 Å². The van der Waals surface area contributed by atoms with E-state index >= 15 is 0 Å². The topological polar surface area (TPSA) is 71.1 Å². The highest BCUT2D eigenvalue weighted by Crippen LogP contribution is 2.28. The van der Waals surface area contributed by atoms with Crippen molar-refractivity contribution in [2.75, 3.05) is 10.6 Å². The quantitative estimate of drug-likeness (QED) is 0.807. The Hall–Kier alpha value is -2.11. The minimum atomic E-state index is -0.368.